The molecule has 2 unspecified atom stereocenters. The topological polar surface area (TPSA) is 32.3 Å². The highest BCUT2D eigenvalue weighted by molar-refractivity contribution is 7.10. The number of thiophene rings is 1. The Kier molecular flexibility index (Phi) is 4.51. The SMILES string of the molecule is OCC(Cc1ccccc1)NC(c1cccs1)C1CC1. The van der Waals surface area contributed by atoms with Crippen LogP contribution >= 0.6 is 11.3 Å². The number of nitrogens with one attached hydrogen (secondary N) is 1. The van der Waals surface area contributed by atoms with Crippen molar-refractivity contribution >= 4 is 11.3 Å². The minimum absolute atomic E-state index is 0.130. The Morgan fingerprint density at radius 1 is 1.15 bits per heavy atom. The molecule has 1 aliphatic carbocycles. The second-order valence-electron chi connectivity index (χ2n) is 5.57. The third-order valence-corrected chi connectivity index (χ3v) is 4.86. The predicted molar refractivity (Wildman–Crippen MR) is 83.9 cm³/mol. The highest BCUT2D eigenvalue weighted by Gasteiger charge is 2.34. The highest BCUT2D eigenvalue weighted by atomic mass is 32.1. The number of benzene rings is 1. The van der Waals surface area contributed by atoms with Gasteiger partial charge in [0.05, 0.1) is 6.61 Å². The van der Waals surface area contributed by atoms with E-state index in [9.17, 15) is 5.11 Å². The largest absolute Gasteiger partial charge is 0.395 e. The molecule has 2 aromatic rings. The summed E-state index contributed by atoms with van der Waals surface area (Å²) in [5.74, 6) is 0.749. The summed E-state index contributed by atoms with van der Waals surface area (Å²) in [4.78, 5) is 1.40. The Morgan fingerprint density at radius 2 is 1.95 bits per heavy atom. The van der Waals surface area contributed by atoms with Crippen LogP contribution in [0.4, 0.5) is 0 Å². The van der Waals surface area contributed by atoms with Gasteiger partial charge in [0, 0.05) is 17.0 Å². The first kappa shape index (κ1) is 13.8. The lowest BCUT2D eigenvalue weighted by atomic mass is 10.0. The standard InChI is InChI=1S/C17H21NOS/c19-12-15(11-13-5-2-1-3-6-13)18-17(14-8-9-14)16-7-4-10-20-16/h1-7,10,14-15,17-19H,8-9,11-12H2. The molecule has 0 radical (unpaired) electrons. The maximum absolute atomic E-state index is 9.68. The second kappa shape index (κ2) is 6.53. The van der Waals surface area contributed by atoms with Crippen LogP contribution in [0.25, 0.3) is 0 Å². The van der Waals surface area contributed by atoms with Crippen molar-refractivity contribution in [2.24, 2.45) is 5.92 Å². The summed E-state index contributed by atoms with van der Waals surface area (Å²) in [7, 11) is 0. The average molecular weight is 287 g/mol. The number of rotatable bonds is 7. The van der Waals surface area contributed by atoms with Crippen molar-refractivity contribution in [1.82, 2.24) is 5.32 Å². The normalized spacial score (nSPS) is 17.9. The van der Waals surface area contributed by atoms with Crippen LogP contribution in [-0.4, -0.2) is 17.8 Å². The minimum Gasteiger partial charge on any atom is -0.395 e. The van der Waals surface area contributed by atoms with Crippen molar-refractivity contribution in [3.8, 4) is 0 Å². The van der Waals surface area contributed by atoms with Crippen molar-refractivity contribution in [1.29, 1.82) is 0 Å². The maximum atomic E-state index is 9.68. The Labute approximate surface area is 124 Å². The molecule has 0 amide bonds. The van der Waals surface area contributed by atoms with E-state index in [0.29, 0.717) is 6.04 Å². The molecule has 2 atom stereocenters. The van der Waals surface area contributed by atoms with E-state index < -0.39 is 0 Å². The van der Waals surface area contributed by atoms with Gasteiger partial charge in [-0.05, 0) is 42.2 Å². The van der Waals surface area contributed by atoms with Gasteiger partial charge in [0.2, 0.25) is 0 Å². The summed E-state index contributed by atoms with van der Waals surface area (Å²) < 4.78 is 0. The van der Waals surface area contributed by atoms with Crippen molar-refractivity contribution in [2.45, 2.75) is 31.3 Å². The zero-order valence-electron chi connectivity index (χ0n) is 11.5. The molecule has 1 aromatic carbocycles. The van der Waals surface area contributed by atoms with E-state index >= 15 is 0 Å². The zero-order valence-corrected chi connectivity index (χ0v) is 12.4. The first-order valence-corrected chi connectivity index (χ1v) is 8.19. The van der Waals surface area contributed by atoms with Crippen molar-refractivity contribution < 1.29 is 5.11 Å². The van der Waals surface area contributed by atoms with E-state index in [1.165, 1.54) is 23.3 Å². The van der Waals surface area contributed by atoms with Crippen molar-refractivity contribution in [2.75, 3.05) is 6.61 Å². The summed E-state index contributed by atoms with van der Waals surface area (Å²) in [6.07, 6.45) is 3.49. The Bertz CT molecular complexity index is 507. The molecule has 106 valence electrons. The van der Waals surface area contributed by atoms with Gasteiger partial charge in [-0.2, -0.15) is 0 Å². The molecule has 0 spiro atoms. The third-order valence-electron chi connectivity index (χ3n) is 3.90. The van der Waals surface area contributed by atoms with Gasteiger partial charge >= 0.3 is 0 Å². The van der Waals surface area contributed by atoms with Gasteiger partial charge < -0.3 is 10.4 Å². The molecule has 1 aliphatic rings. The lowest BCUT2D eigenvalue weighted by Gasteiger charge is -2.24. The van der Waals surface area contributed by atoms with Crippen LogP contribution < -0.4 is 5.32 Å². The molecule has 1 heterocycles. The Hall–Kier alpha value is -1.16. The van der Waals surface area contributed by atoms with E-state index in [4.69, 9.17) is 0 Å². The number of aliphatic hydroxyl groups excluding tert-OH is 1. The lowest BCUT2D eigenvalue weighted by Crippen LogP contribution is -2.38. The second-order valence-corrected chi connectivity index (χ2v) is 6.55. The molecule has 1 aromatic heterocycles. The maximum Gasteiger partial charge on any atom is 0.0588 e. The predicted octanol–water partition coefficient (Wildman–Crippen LogP) is 3.39. The van der Waals surface area contributed by atoms with E-state index in [1.54, 1.807) is 0 Å². The summed E-state index contributed by atoms with van der Waals surface area (Å²) >= 11 is 1.81. The monoisotopic (exact) mass is 287 g/mol. The third kappa shape index (κ3) is 3.48. The molecule has 2 nitrogen and oxygen atoms in total. The van der Waals surface area contributed by atoms with E-state index in [-0.39, 0.29) is 12.6 Å². The van der Waals surface area contributed by atoms with Gasteiger partial charge in [0.15, 0.2) is 0 Å². The molecule has 0 saturated heterocycles. The summed E-state index contributed by atoms with van der Waals surface area (Å²) in [5, 5.41) is 15.5. The molecular weight excluding hydrogens is 266 g/mol. The lowest BCUT2D eigenvalue weighted by molar-refractivity contribution is 0.226. The molecule has 3 rings (SSSR count). The van der Waals surface area contributed by atoms with Crippen LogP contribution in [0.15, 0.2) is 47.8 Å². The first-order chi connectivity index (χ1) is 9.86. The minimum atomic E-state index is 0.130. The van der Waals surface area contributed by atoms with Gasteiger partial charge in [0.1, 0.15) is 0 Å². The van der Waals surface area contributed by atoms with E-state index in [0.717, 1.165) is 12.3 Å². The van der Waals surface area contributed by atoms with Gasteiger partial charge in [-0.1, -0.05) is 36.4 Å². The molecule has 3 heteroatoms. The quantitative estimate of drug-likeness (QED) is 0.818. The van der Waals surface area contributed by atoms with Crippen LogP contribution in [0.2, 0.25) is 0 Å². The summed E-state index contributed by atoms with van der Waals surface area (Å²) in [5.41, 5.74) is 1.28. The Balaban J connectivity index is 1.66. The Morgan fingerprint density at radius 3 is 2.55 bits per heavy atom. The molecule has 0 aliphatic heterocycles. The van der Waals surface area contributed by atoms with Crippen LogP contribution in [0, 0.1) is 5.92 Å². The fraction of sp³-hybridized carbons (Fsp3) is 0.412. The average Bonchev–Trinajstić information content (AvgIpc) is 3.18. The molecule has 20 heavy (non-hydrogen) atoms. The van der Waals surface area contributed by atoms with Crippen molar-refractivity contribution in [3.63, 3.8) is 0 Å². The molecule has 1 saturated carbocycles. The number of aliphatic hydroxyl groups is 1. The van der Waals surface area contributed by atoms with Crippen LogP contribution in [-0.2, 0) is 6.42 Å². The number of hydrogen-bond acceptors (Lipinski definition) is 3. The summed E-state index contributed by atoms with van der Waals surface area (Å²) in [6, 6.07) is 15.3. The van der Waals surface area contributed by atoms with Crippen molar-refractivity contribution in [3.05, 3.63) is 58.3 Å². The van der Waals surface area contributed by atoms with Gasteiger partial charge in [-0.25, -0.2) is 0 Å². The molecule has 0 bridgehead atoms. The first-order valence-electron chi connectivity index (χ1n) is 7.31. The number of hydrogen-bond donors (Lipinski definition) is 2. The zero-order chi connectivity index (χ0) is 13.8. The molecule has 2 N–H and O–H groups in total. The van der Waals surface area contributed by atoms with Gasteiger partial charge in [-0.15, -0.1) is 11.3 Å². The van der Waals surface area contributed by atoms with Crippen LogP contribution in [0.5, 0.6) is 0 Å². The van der Waals surface area contributed by atoms with Gasteiger partial charge in [-0.3, -0.25) is 0 Å². The smallest absolute Gasteiger partial charge is 0.0588 e. The van der Waals surface area contributed by atoms with Crippen LogP contribution in [0.3, 0.4) is 0 Å². The fourth-order valence-electron chi connectivity index (χ4n) is 2.68. The molecular formula is C17H21NOS. The van der Waals surface area contributed by atoms with E-state index in [1.807, 2.05) is 17.4 Å². The van der Waals surface area contributed by atoms with Crippen LogP contribution in [0.1, 0.15) is 29.3 Å². The fourth-order valence-corrected chi connectivity index (χ4v) is 3.56. The molecule has 1 fully saturated rings. The van der Waals surface area contributed by atoms with E-state index in [2.05, 4.69) is 47.1 Å². The highest BCUT2D eigenvalue weighted by Crippen LogP contribution is 2.42. The van der Waals surface area contributed by atoms with Gasteiger partial charge in [0.25, 0.3) is 0 Å². The summed E-state index contributed by atoms with van der Waals surface area (Å²) in [6.45, 7) is 0.184.